The molecule has 1 N–H and O–H groups in total. The van der Waals surface area contributed by atoms with Gasteiger partial charge in [0, 0.05) is 55.7 Å². The number of carbonyl (C=O) groups is 2. The van der Waals surface area contributed by atoms with Crippen LogP contribution < -0.4 is 5.32 Å². The van der Waals surface area contributed by atoms with Crippen molar-refractivity contribution >= 4 is 22.7 Å². The molecule has 1 aliphatic carbocycles. The molecule has 0 bridgehead atoms. The summed E-state index contributed by atoms with van der Waals surface area (Å²) in [6, 6.07) is 11.3. The van der Waals surface area contributed by atoms with E-state index in [2.05, 4.69) is 10.5 Å². The van der Waals surface area contributed by atoms with E-state index in [1.165, 1.54) is 0 Å². The molecule has 1 aliphatic heterocycles. The number of amides is 2. The molecule has 1 saturated heterocycles. The number of methoxy groups -OCH3 is 1. The molecule has 0 unspecified atom stereocenters. The molecule has 0 spiro atoms. The minimum Gasteiger partial charge on any atom is -0.383 e. The van der Waals surface area contributed by atoms with E-state index < -0.39 is 0 Å². The van der Waals surface area contributed by atoms with Gasteiger partial charge in [-0.05, 0) is 31.4 Å². The van der Waals surface area contributed by atoms with Crippen molar-refractivity contribution in [2.24, 2.45) is 0 Å². The van der Waals surface area contributed by atoms with Crippen LogP contribution in [0.4, 0.5) is 0 Å². The fourth-order valence-corrected chi connectivity index (χ4v) is 4.25. The van der Waals surface area contributed by atoms with Crippen LogP contribution >= 0.6 is 0 Å². The number of hydrogen-bond donors (Lipinski definition) is 1. The molecule has 0 radical (unpaired) electrons. The van der Waals surface area contributed by atoms with E-state index in [1.54, 1.807) is 18.1 Å². The predicted molar refractivity (Wildman–Crippen MR) is 118 cm³/mol. The van der Waals surface area contributed by atoms with Gasteiger partial charge in [-0.15, -0.1) is 0 Å². The smallest absolute Gasteiger partial charge is 0.276 e. The van der Waals surface area contributed by atoms with Gasteiger partial charge < -0.3 is 19.5 Å². The maximum absolute atomic E-state index is 12.9. The van der Waals surface area contributed by atoms with Crippen molar-refractivity contribution in [2.75, 3.05) is 33.4 Å². The molecule has 1 aromatic carbocycles. The van der Waals surface area contributed by atoms with E-state index in [1.807, 2.05) is 30.3 Å². The molecule has 166 valence electrons. The van der Waals surface area contributed by atoms with Crippen molar-refractivity contribution in [1.82, 2.24) is 20.4 Å². The Morgan fingerprint density at radius 3 is 2.84 bits per heavy atom. The molecule has 3 heterocycles. The van der Waals surface area contributed by atoms with Crippen molar-refractivity contribution in [3.05, 3.63) is 59.1 Å². The normalized spacial score (nSPS) is 18.3. The number of pyridine rings is 1. The van der Waals surface area contributed by atoms with Crippen LogP contribution in [0.15, 0.2) is 40.9 Å². The number of nitrogens with one attached hydrogen (secondary N) is 1. The number of benzene rings is 1. The number of hydrogen-bond acceptors (Lipinski definition) is 6. The lowest BCUT2D eigenvalue weighted by molar-refractivity contribution is 0.0779. The van der Waals surface area contributed by atoms with Gasteiger partial charge in [0.05, 0.1) is 17.7 Å². The summed E-state index contributed by atoms with van der Waals surface area (Å²) in [6.45, 7) is 2.05. The molecule has 32 heavy (non-hydrogen) atoms. The Balaban J connectivity index is 1.36. The van der Waals surface area contributed by atoms with E-state index in [0.717, 1.165) is 41.6 Å². The monoisotopic (exact) mass is 434 g/mol. The third kappa shape index (κ3) is 4.10. The van der Waals surface area contributed by atoms with Gasteiger partial charge in [-0.3, -0.25) is 14.6 Å². The average molecular weight is 434 g/mol. The second kappa shape index (κ2) is 8.70. The van der Waals surface area contributed by atoms with Crippen LogP contribution in [-0.2, 0) is 4.74 Å². The molecule has 1 saturated carbocycles. The predicted octanol–water partition coefficient (Wildman–Crippen LogP) is 3.11. The summed E-state index contributed by atoms with van der Waals surface area (Å²) >= 11 is 0. The highest BCUT2D eigenvalue weighted by Gasteiger charge is 2.33. The standard InChI is InChI=1S/C24H26N4O4/c1-31-11-9-25-23(29)18-12-20(26-19-5-3-2-4-17(18)19)16-8-10-28(14-16)24(30)21-13-22(32-27-21)15-6-7-15/h2-5,12-13,15-16H,6-11,14H2,1H3,(H,25,29)/t16-/m1/s1. The Morgan fingerprint density at radius 1 is 1.19 bits per heavy atom. The van der Waals surface area contributed by atoms with Crippen molar-refractivity contribution in [3.63, 3.8) is 0 Å². The lowest BCUT2D eigenvalue weighted by atomic mass is 9.99. The third-order valence-corrected chi connectivity index (χ3v) is 6.19. The molecule has 5 rings (SSSR count). The number of likely N-dealkylation sites (tertiary alicyclic amines) is 1. The number of rotatable bonds is 7. The molecule has 8 heteroatoms. The van der Waals surface area contributed by atoms with Gasteiger partial charge >= 0.3 is 0 Å². The van der Waals surface area contributed by atoms with Crippen LogP contribution in [0.2, 0.25) is 0 Å². The first-order chi connectivity index (χ1) is 15.6. The fraction of sp³-hybridized carbons (Fsp3) is 0.417. The van der Waals surface area contributed by atoms with E-state index in [-0.39, 0.29) is 17.7 Å². The van der Waals surface area contributed by atoms with Crippen LogP contribution in [0.3, 0.4) is 0 Å². The van der Waals surface area contributed by atoms with E-state index in [0.29, 0.717) is 43.4 Å². The van der Waals surface area contributed by atoms with E-state index >= 15 is 0 Å². The van der Waals surface area contributed by atoms with E-state index in [4.69, 9.17) is 14.2 Å². The first-order valence-corrected chi connectivity index (χ1v) is 11.1. The number of para-hydroxylation sites is 1. The summed E-state index contributed by atoms with van der Waals surface area (Å²) in [7, 11) is 1.60. The summed E-state index contributed by atoms with van der Waals surface area (Å²) in [5, 5.41) is 7.70. The SMILES string of the molecule is COCCNC(=O)c1cc([C@@H]2CCN(C(=O)c3cc(C4CC4)on3)C2)nc2ccccc12. The van der Waals surface area contributed by atoms with Gasteiger partial charge in [-0.25, -0.2) is 0 Å². The van der Waals surface area contributed by atoms with Crippen LogP contribution in [0.25, 0.3) is 10.9 Å². The Morgan fingerprint density at radius 2 is 2.03 bits per heavy atom. The minimum atomic E-state index is -0.150. The minimum absolute atomic E-state index is 0.0592. The molecule has 8 nitrogen and oxygen atoms in total. The van der Waals surface area contributed by atoms with Gasteiger partial charge in [0.1, 0.15) is 5.76 Å². The number of fused-ring (bicyclic) bond motifs is 1. The Hall–Kier alpha value is -3.26. The van der Waals surface area contributed by atoms with Crippen molar-refractivity contribution in [3.8, 4) is 0 Å². The molecule has 2 aliphatic rings. The summed E-state index contributed by atoms with van der Waals surface area (Å²) in [6.07, 6.45) is 2.99. The lowest BCUT2D eigenvalue weighted by Crippen LogP contribution is -2.29. The summed E-state index contributed by atoms with van der Waals surface area (Å²) in [4.78, 5) is 32.4. The Bertz CT molecular complexity index is 1150. The average Bonchev–Trinajstić information content (AvgIpc) is 3.34. The highest BCUT2D eigenvalue weighted by atomic mass is 16.5. The highest BCUT2D eigenvalue weighted by molar-refractivity contribution is 6.06. The third-order valence-electron chi connectivity index (χ3n) is 6.19. The van der Waals surface area contributed by atoms with Gasteiger partial charge in [-0.1, -0.05) is 23.4 Å². The largest absolute Gasteiger partial charge is 0.383 e. The highest BCUT2D eigenvalue weighted by Crippen LogP contribution is 2.40. The van der Waals surface area contributed by atoms with Crippen LogP contribution in [0, 0.1) is 0 Å². The zero-order valence-electron chi connectivity index (χ0n) is 18.0. The maximum atomic E-state index is 12.9. The van der Waals surface area contributed by atoms with Crippen LogP contribution in [0.1, 0.15) is 63.4 Å². The maximum Gasteiger partial charge on any atom is 0.276 e. The quantitative estimate of drug-likeness (QED) is 0.574. The zero-order valence-corrected chi connectivity index (χ0v) is 18.0. The summed E-state index contributed by atoms with van der Waals surface area (Å²) in [5.74, 6) is 1.03. The van der Waals surface area contributed by atoms with Gasteiger partial charge in [0.25, 0.3) is 11.8 Å². The number of ether oxygens (including phenoxy) is 1. The first-order valence-electron chi connectivity index (χ1n) is 11.1. The van der Waals surface area contributed by atoms with E-state index in [9.17, 15) is 9.59 Å². The van der Waals surface area contributed by atoms with Gasteiger partial charge in [0.2, 0.25) is 0 Å². The van der Waals surface area contributed by atoms with Crippen molar-refractivity contribution in [2.45, 2.75) is 31.1 Å². The molecule has 2 fully saturated rings. The second-order valence-corrected chi connectivity index (χ2v) is 8.49. The Kier molecular flexibility index (Phi) is 5.61. The molecular formula is C24H26N4O4. The van der Waals surface area contributed by atoms with Crippen molar-refractivity contribution < 1.29 is 18.8 Å². The van der Waals surface area contributed by atoms with Crippen LogP contribution in [-0.4, -0.2) is 60.2 Å². The van der Waals surface area contributed by atoms with Gasteiger partial charge in [0.15, 0.2) is 5.69 Å². The molecule has 3 aromatic rings. The fourth-order valence-electron chi connectivity index (χ4n) is 4.25. The van der Waals surface area contributed by atoms with Crippen LogP contribution in [0.5, 0.6) is 0 Å². The summed E-state index contributed by atoms with van der Waals surface area (Å²) < 4.78 is 10.4. The molecule has 2 amide bonds. The summed E-state index contributed by atoms with van der Waals surface area (Å²) in [5.41, 5.74) is 2.57. The first kappa shape index (κ1) is 20.6. The topological polar surface area (TPSA) is 97.6 Å². The van der Waals surface area contributed by atoms with Crippen molar-refractivity contribution in [1.29, 1.82) is 0 Å². The number of nitrogens with zero attached hydrogens (tertiary/aromatic N) is 3. The zero-order chi connectivity index (χ0) is 22.1. The second-order valence-electron chi connectivity index (χ2n) is 8.49. The molecular weight excluding hydrogens is 408 g/mol. The lowest BCUT2D eigenvalue weighted by Gasteiger charge is -2.16. The molecule has 1 atom stereocenters. The molecule has 2 aromatic heterocycles. The Labute approximate surface area is 185 Å². The number of carbonyl (C=O) groups excluding carboxylic acids is 2. The number of aromatic nitrogens is 2. The van der Waals surface area contributed by atoms with Gasteiger partial charge in [-0.2, -0.15) is 0 Å².